The van der Waals surface area contributed by atoms with E-state index in [4.69, 9.17) is 0 Å². The number of hydrogen-bond donors (Lipinski definition) is 1. The summed E-state index contributed by atoms with van der Waals surface area (Å²) in [5.74, 6) is 0.808. The third-order valence-electron chi connectivity index (χ3n) is 4.68. The number of hydrogen-bond acceptors (Lipinski definition) is 4. The summed E-state index contributed by atoms with van der Waals surface area (Å²) in [7, 11) is 0. The SMILES string of the molecule is Cc1cccc(C(C)C)c1NC(=O)c1ccnc(N2CCCCC2)n1. The second-order valence-electron chi connectivity index (χ2n) is 6.94. The molecule has 1 aliphatic heterocycles. The van der Waals surface area contributed by atoms with Gasteiger partial charge >= 0.3 is 0 Å². The molecule has 1 N–H and O–H groups in total. The Morgan fingerprint density at radius 3 is 2.64 bits per heavy atom. The molecule has 5 nitrogen and oxygen atoms in total. The Morgan fingerprint density at radius 2 is 1.92 bits per heavy atom. The maximum Gasteiger partial charge on any atom is 0.274 e. The van der Waals surface area contributed by atoms with E-state index in [0.717, 1.165) is 42.7 Å². The minimum Gasteiger partial charge on any atom is -0.341 e. The van der Waals surface area contributed by atoms with Gasteiger partial charge in [-0.1, -0.05) is 32.0 Å². The van der Waals surface area contributed by atoms with E-state index >= 15 is 0 Å². The molecule has 3 rings (SSSR count). The highest BCUT2D eigenvalue weighted by Crippen LogP contribution is 2.27. The highest BCUT2D eigenvalue weighted by Gasteiger charge is 2.17. The molecular formula is C20H26N4O. The van der Waals surface area contributed by atoms with Crippen molar-refractivity contribution in [1.29, 1.82) is 0 Å². The summed E-state index contributed by atoms with van der Waals surface area (Å²) in [6, 6.07) is 7.78. The van der Waals surface area contributed by atoms with E-state index in [1.807, 2.05) is 19.1 Å². The van der Waals surface area contributed by atoms with Crippen LogP contribution in [0.1, 0.15) is 60.6 Å². The molecule has 1 aromatic carbocycles. The van der Waals surface area contributed by atoms with Gasteiger partial charge in [0.1, 0.15) is 5.69 Å². The minimum atomic E-state index is -0.183. The van der Waals surface area contributed by atoms with E-state index in [2.05, 4.69) is 40.1 Å². The van der Waals surface area contributed by atoms with Gasteiger partial charge in [0, 0.05) is 25.0 Å². The summed E-state index contributed by atoms with van der Waals surface area (Å²) in [5.41, 5.74) is 3.50. The highest BCUT2D eigenvalue weighted by molar-refractivity contribution is 6.03. The largest absolute Gasteiger partial charge is 0.341 e. The van der Waals surface area contributed by atoms with Crippen molar-refractivity contribution in [1.82, 2.24) is 9.97 Å². The third kappa shape index (κ3) is 3.98. The van der Waals surface area contributed by atoms with Gasteiger partial charge in [-0.3, -0.25) is 4.79 Å². The summed E-state index contributed by atoms with van der Waals surface area (Å²) in [5, 5.41) is 3.06. The van der Waals surface area contributed by atoms with Crippen molar-refractivity contribution in [3.05, 3.63) is 47.3 Å². The first-order valence-corrected chi connectivity index (χ1v) is 9.05. The predicted molar refractivity (Wildman–Crippen MR) is 101 cm³/mol. The zero-order valence-electron chi connectivity index (χ0n) is 15.2. The molecule has 132 valence electrons. The fourth-order valence-corrected chi connectivity index (χ4v) is 3.24. The summed E-state index contributed by atoms with van der Waals surface area (Å²) in [4.78, 5) is 23.8. The first-order chi connectivity index (χ1) is 12.1. The van der Waals surface area contributed by atoms with Crippen LogP contribution in [-0.2, 0) is 0 Å². The number of piperidine rings is 1. The molecule has 1 saturated heterocycles. The van der Waals surface area contributed by atoms with Gasteiger partial charge < -0.3 is 10.2 Å². The Bertz CT molecular complexity index is 751. The first-order valence-electron chi connectivity index (χ1n) is 9.05. The standard InChI is InChI=1S/C20H26N4O/c1-14(2)16-9-7-8-15(3)18(16)23-19(25)17-10-11-21-20(22-17)24-12-5-4-6-13-24/h7-11,14H,4-6,12-13H2,1-3H3,(H,23,25). The molecule has 0 radical (unpaired) electrons. The van der Waals surface area contributed by atoms with Crippen LogP contribution in [-0.4, -0.2) is 29.0 Å². The van der Waals surface area contributed by atoms with Gasteiger partial charge in [-0.25, -0.2) is 9.97 Å². The van der Waals surface area contributed by atoms with Crippen molar-refractivity contribution in [3.8, 4) is 0 Å². The van der Waals surface area contributed by atoms with Crippen molar-refractivity contribution in [3.63, 3.8) is 0 Å². The number of carbonyl (C=O) groups is 1. The van der Waals surface area contributed by atoms with Crippen molar-refractivity contribution < 1.29 is 4.79 Å². The van der Waals surface area contributed by atoms with E-state index < -0.39 is 0 Å². The minimum absolute atomic E-state index is 0.183. The summed E-state index contributed by atoms with van der Waals surface area (Å²) >= 11 is 0. The van der Waals surface area contributed by atoms with E-state index in [1.54, 1.807) is 12.3 Å². The van der Waals surface area contributed by atoms with Crippen LogP contribution in [0.2, 0.25) is 0 Å². The smallest absolute Gasteiger partial charge is 0.274 e. The number of aromatic nitrogens is 2. The molecule has 0 aliphatic carbocycles. The van der Waals surface area contributed by atoms with E-state index in [1.165, 1.54) is 6.42 Å². The maximum atomic E-state index is 12.8. The lowest BCUT2D eigenvalue weighted by Gasteiger charge is -2.26. The molecule has 0 atom stereocenters. The Balaban J connectivity index is 1.82. The number of amides is 1. The quantitative estimate of drug-likeness (QED) is 0.910. The van der Waals surface area contributed by atoms with Crippen molar-refractivity contribution in [2.45, 2.75) is 46.0 Å². The third-order valence-corrected chi connectivity index (χ3v) is 4.68. The zero-order chi connectivity index (χ0) is 17.8. The molecule has 0 bridgehead atoms. The molecule has 1 aliphatic rings. The highest BCUT2D eigenvalue weighted by atomic mass is 16.1. The summed E-state index contributed by atoms with van der Waals surface area (Å²) < 4.78 is 0. The van der Waals surface area contributed by atoms with E-state index in [0.29, 0.717) is 17.6 Å². The summed E-state index contributed by atoms with van der Waals surface area (Å²) in [6.45, 7) is 8.19. The normalized spacial score (nSPS) is 14.6. The van der Waals surface area contributed by atoms with Crippen LogP contribution in [0.15, 0.2) is 30.5 Å². The van der Waals surface area contributed by atoms with Crippen LogP contribution in [0.25, 0.3) is 0 Å². The number of nitrogens with zero attached hydrogens (tertiary/aromatic N) is 3. The monoisotopic (exact) mass is 338 g/mol. The van der Waals surface area contributed by atoms with Crippen molar-refractivity contribution in [2.24, 2.45) is 0 Å². The molecular weight excluding hydrogens is 312 g/mol. The number of rotatable bonds is 4. The van der Waals surface area contributed by atoms with Gasteiger partial charge in [-0.15, -0.1) is 0 Å². The topological polar surface area (TPSA) is 58.1 Å². The Kier molecular flexibility index (Phi) is 5.31. The van der Waals surface area contributed by atoms with Gasteiger partial charge in [0.15, 0.2) is 0 Å². The predicted octanol–water partition coefficient (Wildman–Crippen LogP) is 4.15. The Morgan fingerprint density at radius 1 is 1.16 bits per heavy atom. The lowest BCUT2D eigenvalue weighted by atomic mass is 9.98. The van der Waals surface area contributed by atoms with Crippen LogP contribution in [0.4, 0.5) is 11.6 Å². The number of para-hydroxylation sites is 1. The average Bonchev–Trinajstić information content (AvgIpc) is 2.64. The van der Waals surface area contributed by atoms with Crippen LogP contribution in [0, 0.1) is 6.92 Å². The average molecular weight is 338 g/mol. The van der Waals surface area contributed by atoms with Gasteiger partial charge in [-0.05, 0) is 49.3 Å². The Labute approximate surface area is 149 Å². The van der Waals surface area contributed by atoms with E-state index in [-0.39, 0.29) is 5.91 Å². The Hall–Kier alpha value is -2.43. The second kappa shape index (κ2) is 7.64. The number of benzene rings is 1. The van der Waals surface area contributed by atoms with Crippen LogP contribution in [0.3, 0.4) is 0 Å². The van der Waals surface area contributed by atoms with Crippen molar-refractivity contribution >= 4 is 17.5 Å². The maximum absolute atomic E-state index is 12.8. The van der Waals surface area contributed by atoms with E-state index in [9.17, 15) is 4.79 Å². The van der Waals surface area contributed by atoms with Gasteiger partial charge in [0.25, 0.3) is 5.91 Å². The molecule has 2 heterocycles. The number of aryl methyl sites for hydroxylation is 1. The first kappa shape index (κ1) is 17.4. The van der Waals surface area contributed by atoms with Crippen LogP contribution >= 0.6 is 0 Å². The second-order valence-corrected chi connectivity index (χ2v) is 6.94. The van der Waals surface area contributed by atoms with Crippen LogP contribution < -0.4 is 10.2 Å². The van der Waals surface area contributed by atoms with Crippen molar-refractivity contribution in [2.75, 3.05) is 23.3 Å². The lowest BCUT2D eigenvalue weighted by molar-refractivity contribution is 0.102. The molecule has 1 amide bonds. The fourth-order valence-electron chi connectivity index (χ4n) is 3.24. The van der Waals surface area contributed by atoms with Gasteiger partial charge in [-0.2, -0.15) is 0 Å². The van der Waals surface area contributed by atoms with Crippen LogP contribution in [0.5, 0.6) is 0 Å². The zero-order valence-corrected chi connectivity index (χ0v) is 15.2. The molecule has 0 saturated carbocycles. The molecule has 2 aromatic rings. The molecule has 1 aromatic heterocycles. The van der Waals surface area contributed by atoms with Gasteiger partial charge in [0.2, 0.25) is 5.95 Å². The van der Waals surface area contributed by atoms with Gasteiger partial charge in [0.05, 0.1) is 0 Å². The molecule has 1 fully saturated rings. The molecule has 0 spiro atoms. The lowest BCUT2D eigenvalue weighted by Crippen LogP contribution is -2.31. The molecule has 0 unspecified atom stereocenters. The fraction of sp³-hybridized carbons (Fsp3) is 0.450. The molecule has 25 heavy (non-hydrogen) atoms. The molecule has 5 heteroatoms. The summed E-state index contributed by atoms with van der Waals surface area (Å²) in [6.07, 6.45) is 5.23. The number of carbonyl (C=O) groups excluding carboxylic acids is 1. The number of anilines is 2. The number of nitrogens with one attached hydrogen (secondary N) is 1.